The van der Waals surface area contributed by atoms with Gasteiger partial charge in [0.1, 0.15) is 52.4 Å². The first-order valence-electron chi connectivity index (χ1n) is 24.4. The summed E-state index contributed by atoms with van der Waals surface area (Å²) in [6.07, 6.45) is -8.89. The first kappa shape index (κ1) is 49.4. The molecule has 0 spiro atoms. The lowest BCUT2D eigenvalue weighted by atomic mass is 9.98. The molecule has 0 atom stereocenters. The SMILES string of the molecule is Cc1nc(C)nc(-c2ccc3c4ccc(-c5nc(C)nc(C)n5)cc4n(-c4cc(-c5cc(C(F)(F)F)cc(C(F)(F)F)c5)c(-n5c6cc(-c7nc(C)nc(C)n7)ccc6c6ccc(-c7nc(C)nc(C)n7)cc65)cn4)c3c2)n1. The fraction of sp³-hybridized carbons (Fsp3) is 0.175. The highest BCUT2D eigenvalue weighted by atomic mass is 19.4. The quantitative estimate of drug-likeness (QED) is 0.138. The Morgan fingerprint density at radius 1 is 0.321 bits per heavy atom. The molecule has 5 aromatic carbocycles. The van der Waals surface area contributed by atoms with Crippen LogP contribution in [0.25, 0.3) is 112 Å². The van der Waals surface area contributed by atoms with E-state index in [1.165, 1.54) is 12.3 Å². The lowest BCUT2D eigenvalue weighted by molar-refractivity contribution is -0.143. The van der Waals surface area contributed by atoms with E-state index in [1.807, 2.05) is 77.4 Å². The zero-order valence-corrected chi connectivity index (χ0v) is 42.8. The van der Waals surface area contributed by atoms with Crippen molar-refractivity contribution in [1.29, 1.82) is 0 Å². The second-order valence-corrected chi connectivity index (χ2v) is 19.0. The van der Waals surface area contributed by atoms with Crippen LogP contribution in [0.2, 0.25) is 0 Å². The van der Waals surface area contributed by atoms with E-state index >= 15 is 26.3 Å². The third kappa shape index (κ3) is 8.85. The molecule has 0 bridgehead atoms. The number of hydrogen-bond acceptors (Lipinski definition) is 13. The Hall–Kier alpha value is -9.53. The summed E-state index contributed by atoms with van der Waals surface area (Å²) in [6.45, 7) is 14.0. The topological polar surface area (TPSA) is 177 Å². The molecule has 12 aromatic rings. The van der Waals surface area contributed by atoms with Crippen molar-refractivity contribution in [2.75, 3.05) is 0 Å². The van der Waals surface area contributed by atoms with Gasteiger partial charge >= 0.3 is 12.4 Å². The summed E-state index contributed by atoms with van der Waals surface area (Å²) in [6, 6.07) is 25.5. The number of pyridine rings is 1. The van der Waals surface area contributed by atoms with Crippen LogP contribution in [0.15, 0.2) is 103 Å². The average Bonchev–Trinajstić information content (AvgIpc) is 4.14. The molecular weight excluding hydrogens is 1010 g/mol. The Morgan fingerprint density at radius 3 is 0.910 bits per heavy atom. The molecule has 0 N–H and O–H groups in total. The van der Waals surface area contributed by atoms with E-state index < -0.39 is 23.5 Å². The van der Waals surface area contributed by atoms with Crippen LogP contribution in [0.5, 0.6) is 0 Å². The van der Waals surface area contributed by atoms with Gasteiger partial charge in [-0.05, 0) is 109 Å². The fourth-order valence-corrected chi connectivity index (χ4v) is 10.2. The summed E-state index contributed by atoms with van der Waals surface area (Å²) in [7, 11) is 0. The van der Waals surface area contributed by atoms with Crippen LogP contribution in [0.3, 0.4) is 0 Å². The van der Waals surface area contributed by atoms with E-state index in [0.29, 0.717) is 125 Å². The smallest absolute Gasteiger partial charge is 0.307 e. The molecule has 15 nitrogen and oxygen atoms in total. The zero-order valence-electron chi connectivity index (χ0n) is 42.8. The summed E-state index contributed by atoms with van der Waals surface area (Å²) < 4.78 is 93.7. The van der Waals surface area contributed by atoms with Crippen molar-refractivity contribution in [3.05, 3.63) is 161 Å². The van der Waals surface area contributed by atoms with Gasteiger partial charge in [0.05, 0.1) is 45.1 Å². The molecule has 78 heavy (non-hydrogen) atoms. The Labute approximate surface area is 439 Å². The van der Waals surface area contributed by atoms with Gasteiger partial charge in [-0.3, -0.25) is 4.57 Å². The summed E-state index contributed by atoms with van der Waals surface area (Å²) >= 11 is 0. The maximum atomic E-state index is 15.0. The number of rotatable bonds is 7. The minimum absolute atomic E-state index is 0.0281. The number of halogens is 6. The second-order valence-electron chi connectivity index (χ2n) is 19.0. The number of aromatic nitrogens is 15. The Morgan fingerprint density at radius 2 is 0.615 bits per heavy atom. The van der Waals surface area contributed by atoms with Crippen molar-refractivity contribution >= 4 is 43.6 Å². The normalized spacial score (nSPS) is 12.2. The van der Waals surface area contributed by atoms with Crippen molar-refractivity contribution < 1.29 is 26.3 Å². The summed E-state index contributed by atoms with van der Waals surface area (Å²) in [5.41, 5.74) is 1.24. The number of fused-ring (bicyclic) bond motifs is 6. The van der Waals surface area contributed by atoms with Crippen LogP contribution < -0.4 is 0 Å². The molecule has 0 saturated heterocycles. The molecule has 0 amide bonds. The van der Waals surface area contributed by atoms with Crippen LogP contribution in [0.4, 0.5) is 26.3 Å². The molecule has 0 radical (unpaired) electrons. The van der Waals surface area contributed by atoms with Gasteiger partial charge in [0.2, 0.25) is 0 Å². The number of hydrogen-bond donors (Lipinski definition) is 0. The number of alkyl halides is 6. The molecule has 0 unspecified atom stereocenters. The summed E-state index contributed by atoms with van der Waals surface area (Å²) in [5.74, 6) is 5.49. The molecule has 21 heteroatoms. The highest BCUT2D eigenvalue weighted by molar-refractivity contribution is 6.12. The predicted octanol–water partition coefficient (Wildman–Crippen LogP) is 12.9. The maximum Gasteiger partial charge on any atom is 0.416 e. The molecule has 0 aliphatic rings. The second kappa shape index (κ2) is 18.1. The van der Waals surface area contributed by atoms with Gasteiger partial charge in [-0.25, -0.2) is 64.8 Å². The van der Waals surface area contributed by atoms with E-state index in [2.05, 4.69) is 59.8 Å². The van der Waals surface area contributed by atoms with Crippen LogP contribution in [-0.4, -0.2) is 73.9 Å². The van der Waals surface area contributed by atoms with Crippen LogP contribution in [-0.2, 0) is 12.4 Å². The fourth-order valence-electron chi connectivity index (χ4n) is 10.2. The minimum atomic E-state index is -5.18. The molecule has 0 aliphatic carbocycles. The molecule has 7 heterocycles. The van der Waals surface area contributed by atoms with Gasteiger partial charge in [0.25, 0.3) is 0 Å². The van der Waals surface area contributed by atoms with Gasteiger partial charge in [-0.15, -0.1) is 0 Å². The van der Waals surface area contributed by atoms with E-state index in [-0.39, 0.29) is 28.7 Å². The van der Waals surface area contributed by atoms with Gasteiger partial charge in [0, 0.05) is 49.4 Å². The van der Waals surface area contributed by atoms with Crippen molar-refractivity contribution in [1.82, 2.24) is 73.9 Å². The number of aryl methyl sites for hydroxylation is 8. The standard InChI is InChI=1S/C57H41F6N15/c1-26-65-27(2)70-52(69-26)34-9-13-41-42-14-10-35(53-71-28(3)66-29(4)72-53)20-47(42)77(46(41)19-34)50-25-64-51(24-45(50)38-17-39(56(58,59)60)23-40(18-38)57(61,62)63)78-48-21-36(54-73-30(5)67-31(6)74-54)11-15-43(48)44-16-12-37(22-49(44)78)55-75-32(7)68-33(8)76-55/h9-25H,1-8H3. The van der Waals surface area contributed by atoms with E-state index in [0.717, 1.165) is 22.9 Å². The first-order chi connectivity index (χ1) is 37.1. The van der Waals surface area contributed by atoms with Crippen LogP contribution in [0, 0.1) is 55.4 Å². The van der Waals surface area contributed by atoms with E-state index in [4.69, 9.17) is 4.98 Å². The summed E-state index contributed by atoms with van der Waals surface area (Å²) in [5, 5.41) is 2.87. The molecule has 12 rings (SSSR count). The Kier molecular flexibility index (Phi) is 11.4. The third-order valence-electron chi connectivity index (χ3n) is 13.2. The summed E-state index contributed by atoms with van der Waals surface area (Å²) in [4.78, 5) is 59.6. The van der Waals surface area contributed by atoms with Crippen molar-refractivity contribution in [2.45, 2.75) is 67.7 Å². The Bertz CT molecular complexity index is 4160. The van der Waals surface area contributed by atoms with Gasteiger partial charge in [-0.1, -0.05) is 48.5 Å². The highest BCUT2D eigenvalue weighted by Gasteiger charge is 2.38. The van der Waals surface area contributed by atoms with Crippen molar-refractivity contribution in [2.24, 2.45) is 0 Å². The van der Waals surface area contributed by atoms with Gasteiger partial charge in [-0.2, -0.15) is 26.3 Å². The molecule has 0 saturated carbocycles. The minimum Gasteiger partial charge on any atom is -0.307 e. The average molecular weight is 1050 g/mol. The largest absolute Gasteiger partial charge is 0.416 e. The Balaban J connectivity index is 1.21. The van der Waals surface area contributed by atoms with E-state index in [9.17, 15) is 0 Å². The lowest BCUT2D eigenvalue weighted by Gasteiger charge is -2.19. The molecular formula is C57H41F6N15. The van der Waals surface area contributed by atoms with Crippen molar-refractivity contribution in [3.8, 4) is 68.2 Å². The maximum absolute atomic E-state index is 15.0. The lowest BCUT2D eigenvalue weighted by Crippen LogP contribution is -2.11. The predicted molar refractivity (Wildman–Crippen MR) is 282 cm³/mol. The molecule has 7 aromatic heterocycles. The number of benzene rings is 5. The van der Waals surface area contributed by atoms with Gasteiger partial charge < -0.3 is 4.57 Å². The third-order valence-corrected chi connectivity index (χ3v) is 13.2. The molecule has 0 aliphatic heterocycles. The monoisotopic (exact) mass is 1050 g/mol. The van der Waals surface area contributed by atoms with Gasteiger partial charge in [0.15, 0.2) is 23.3 Å². The van der Waals surface area contributed by atoms with Crippen LogP contribution in [0.1, 0.15) is 57.7 Å². The molecule has 0 fully saturated rings. The number of nitrogens with zero attached hydrogens (tertiary/aromatic N) is 15. The van der Waals surface area contributed by atoms with E-state index in [1.54, 1.807) is 60.0 Å². The first-order valence-corrected chi connectivity index (χ1v) is 24.4. The molecule has 386 valence electrons. The zero-order chi connectivity index (χ0) is 54.7. The highest BCUT2D eigenvalue weighted by Crippen LogP contribution is 2.44. The van der Waals surface area contributed by atoms with Crippen molar-refractivity contribution in [3.63, 3.8) is 0 Å². The van der Waals surface area contributed by atoms with Crippen LogP contribution >= 0.6 is 0 Å².